The summed E-state index contributed by atoms with van der Waals surface area (Å²) in [5, 5.41) is 1.89. The van der Waals surface area contributed by atoms with Crippen LogP contribution >= 0.6 is 0 Å². The Morgan fingerprint density at radius 2 is 1.94 bits per heavy atom. The Balaban J connectivity index is 2.07. The van der Waals surface area contributed by atoms with Crippen LogP contribution in [0.3, 0.4) is 0 Å². The number of hydrogen-bond donors (Lipinski definition) is 1. The zero-order valence-electron chi connectivity index (χ0n) is 11.4. The molecule has 4 nitrogen and oxygen atoms in total. The fourth-order valence-electron chi connectivity index (χ4n) is 2.34. The normalized spacial score (nSPS) is 17.9. The summed E-state index contributed by atoms with van der Waals surface area (Å²) in [6.07, 6.45) is 1.06. The number of methoxy groups -OCH3 is 1. The lowest BCUT2D eigenvalue weighted by Gasteiger charge is -2.32. The highest BCUT2D eigenvalue weighted by molar-refractivity contribution is 5.37. The largest absolute Gasteiger partial charge is 0.496 e. The first-order chi connectivity index (χ1) is 8.72. The fraction of sp³-hybridized carbons (Fsp3) is 0.571. The second-order valence-corrected chi connectivity index (χ2v) is 4.81. The van der Waals surface area contributed by atoms with Crippen molar-refractivity contribution in [3.63, 3.8) is 0 Å². The van der Waals surface area contributed by atoms with Gasteiger partial charge in [0.05, 0.1) is 7.11 Å². The Kier molecular flexibility index (Phi) is 4.58. The van der Waals surface area contributed by atoms with Crippen molar-refractivity contribution in [1.29, 1.82) is 0 Å². The van der Waals surface area contributed by atoms with Crippen LogP contribution in [0, 0.1) is 0 Å². The van der Waals surface area contributed by atoms with E-state index >= 15 is 0 Å². The minimum atomic E-state index is 0.940. The summed E-state index contributed by atoms with van der Waals surface area (Å²) in [7, 11) is 1.74. The molecular formula is C14H23N3O. The molecule has 100 valence electrons. The molecule has 1 aromatic carbocycles. The van der Waals surface area contributed by atoms with Crippen molar-refractivity contribution < 1.29 is 4.74 Å². The number of hydrazine groups is 1. The first-order valence-corrected chi connectivity index (χ1v) is 6.60. The molecule has 4 heteroatoms. The number of nitrogens with two attached hydrogens (primary N) is 1. The Bertz CT molecular complexity index is 387. The molecule has 0 atom stereocenters. The summed E-state index contributed by atoms with van der Waals surface area (Å²) in [6, 6.07) is 6.47. The number of rotatable bonds is 4. The molecule has 0 spiro atoms. The summed E-state index contributed by atoms with van der Waals surface area (Å²) in [5.41, 5.74) is 2.64. The van der Waals surface area contributed by atoms with E-state index in [0.717, 1.165) is 44.9 Å². The molecule has 1 aromatic rings. The van der Waals surface area contributed by atoms with E-state index in [2.05, 4.69) is 30.0 Å². The molecule has 0 saturated carbocycles. The van der Waals surface area contributed by atoms with E-state index in [1.807, 2.05) is 5.01 Å². The maximum Gasteiger partial charge on any atom is 0.123 e. The van der Waals surface area contributed by atoms with Crippen LogP contribution in [-0.2, 0) is 13.0 Å². The molecule has 18 heavy (non-hydrogen) atoms. The Morgan fingerprint density at radius 1 is 1.22 bits per heavy atom. The molecule has 0 unspecified atom stereocenters. The molecule has 1 heterocycles. The first-order valence-electron chi connectivity index (χ1n) is 6.60. The summed E-state index contributed by atoms with van der Waals surface area (Å²) >= 11 is 0. The van der Waals surface area contributed by atoms with Crippen LogP contribution in [0.1, 0.15) is 18.1 Å². The van der Waals surface area contributed by atoms with Gasteiger partial charge in [-0.3, -0.25) is 10.7 Å². The summed E-state index contributed by atoms with van der Waals surface area (Å²) in [4.78, 5) is 2.43. The second kappa shape index (κ2) is 6.18. The highest BCUT2D eigenvalue weighted by atomic mass is 16.5. The minimum absolute atomic E-state index is 0.940. The average Bonchev–Trinajstić information content (AvgIpc) is 2.41. The highest BCUT2D eigenvalue weighted by Gasteiger charge is 2.16. The smallest absolute Gasteiger partial charge is 0.123 e. The molecule has 0 radical (unpaired) electrons. The van der Waals surface area contributed by atoms with Crippen LogP contribution in [0.5, 0.6) is 5.75 Å². The summed E-state index contributed by atoms with van der Waals surface area (Å²) in [5.74, 6) is 6.76. The lowest BCUT2D eigenvalue weighted by molar-refractivity contribution is 0.127. The van der Waals surface area contributed by atoms with Crippen molar-refractivity contribution in [2.45, 2.75) is 19.9 Å². The Labute approximate surface area is 109 Å². The van der Waals surface area contributed by atoms with Gasteiger partial charge in [0.15, 0.2) is 0 Å². The zero-order chi connectivity index (χ0) is 13.0. The van der Waals surface area contributed by atoms with Gasteiger partial charge >= 0.3 is 0 Å². The van der Waals surface area contributed by atoms with Gasteiger partial charge in [0, 0.05) is 38.3 Å². The lowest BCUT2D eigenvalue weighted by atomic mass is 10.1. The number of benzene rings is 1. The fourth-order valence-corrected chi connectivity index (χ4v) is 2.34. The molecule has 2 N–H and O–H groups in total. The van der Waals surface area contributed by atoms with Gasteiger partial charge in [-0.1, -0.05) is 19.1 Å². The molecule has 0 aromatic heterocycles. The van der Waals surface area contributed by atoms with Gasteiger partial charge in [0.25, 0.3) is 0 Å². The van der Waals surface area contributed by atoms with Gasteiger partial charge in [-0.25, -0.2) is 5.01 Å². The van der Waals surface area contributed by atoms with Gasteiger partial charge in [-0.2, -0.15) is 0 Å². The monoisotopic (exact) mass is 249 g/mol. The van der Waals surface area contributed by atoms with Gasteiger partial charge in [0.1, 0.15) is 5.75 Å². The van der Waals surface area contributed by atoms with Crippen molar-refractivity contribution in [2.24, 2.45) is 5.84 Å². The predicted molar refractivity (Wildman–Crippen MR) is 73.4 cm³/mol. The molecule has 0 aliphatic carbocycles. The number of aryl methyl sites for hydroxylation is 1. The van der Waals surface area contributed by atoms with E-state index in [-0.39, 0.29) is 0 Å². The SMILES string of the molecule is CCc1ccc(OC)c(CN2CCN(N)CC2)c1. The summed E-state index contributed by atoms with van der Waals surface area (Å²) < 4.78 is 5.45. The molecule has 2 rings (SSSR count). The highest BCUT2D eigenvalue weighted by Crippen LogP contribution is 2.22. The van der Waals surface area contributed by atoms with Crippen molar-refractivity contribution in [3.8, 4) is 5.75 Å². The lowest BCUT2D eigenvalue weighted by Crippen LogP contribution is -2.48. The number of ether oxygens (including phenoxy) is 1. The molecule has 0 bridgehead atoms. The Hall–Kier alpha value is -1.10. The van der Waals surface area contributed by atoms with Crippen molar-refractivity contribution in [2.75, 3.05) is 33.3 Å². The standard InChI is InChI=1S/C14H23N3O/c1-3-12-4-5-14(18-2)13(10-12)11-16-6-8-17(15)9-7-16/h4-5,10H,3,6-9,11,15H2,1-2H3. The maximum absolute atomic E-state index is 5.77. The molecule has 0 amide bonds. The van der Waals surface area contributed by atoms with Gasteiger partial charge in [0.2, 0.25) is 0 Å². The van der Waals surface area contributed by atoms with Crippen LogP contribution in [0.15, 0.2) is 18.2 Å². The predicted octanol–water partition coefficient (Wildman–Crippen LogP) is 1.25. The third-order valence-corrected chi connectivity index (χ3v) is 3.55. The van der Waals surface area contributed by atoms with Crippen LogP contribution < -0.4 is 10.6 Å². The van der Waals surface area contributed by atoms with E-state index in [0.29, 0.717) is 0 Å². The van der Waals surface area contributed by atoms with Gasteiger partial charge in [-0.05, 0) is 18.1 Å². The van der Waals surface area contributed by atoms with E-state index in [1.165, 1.54) is 11.1 Å². The number of hydrogen-bond acceptors (Lipinski definition) is 4. The quantitative estimate of drug-likeness (QED) is 0.816. The first kappa shape index (κ1) is 13.3. The van der Waals surface area contributed by atoms with Crippen molar-refractivity contribution in [3.05, 3.63) is 29.3 Å². The Morgan fingerprint density at radius 3 is 2.56 bits per heavy atom. The van der Waals surface area contributed by atoms with E-state index in [1.54, 1.807) is 7.11 Å². The van der Waals surface area contributed by atoms with E-state index < -0.39 is 0 Å². The molecular weight excluding hydrogens is 226 g/mol. The third-order valence-electron chi connectivity index (χ3n) is 3.55. The average molecular weight is 249 g/mol. The van der Waals surface area contributed by atoms with Crippen molar-refractivity contribution >= 4 is 0 Å². The summed E-state index contributed by atoms with van der Waals surface area (Å²) in [6.45, 7) is 7.06. The molecule has 1 saturated heterocycles. The van der Waals surface area contributed by atoms with Gasteiger partial charge < -0.3 is 4.74 Å². The van der Waals surface area contributed by atoms with E-state index in [9.17, 15) is 0 Å². The minimum Gasteiger partial charge on any atom is -0.496 e. The number of nitrogens with zero attached hydrogens (tertiary/aromatic N) is 2. The van der Waals surface area contributed by atoms with Crippen LogP contribution in [0.2, 0.25) is 0 Å². The van der Waals surface area contributed by atoms with Crippen LogP contribution in [0.25, 0.3) is 0 Å². The third kappa shape index (κ3) is 3.22. The number of piperazine rings is 1. The van der Waals surface area contributed by atoms with E-state index in [4.69, 9.17) is 10.6 Å². The second-order valence-electron chi connectivity index (χ2n) is 4.81. The molecule has 1 aliphatic heterocycles. The maximum atomic E-state index is 5.77. The van der Waals surface area contributed by atoms with Crippen LogP contribution in [0.4, 0.5) is 0 Å². The molecule has 1 aliphatic rings. The van der Waals surface area contributed by atoms with Crippen molar-refractivity contribution in [1.82, 2.24) is 9.91 Å². The van der Waals surface area contributed by atoms with Gasteiger partial charge in [-0.15, -0.1) is 0 Å². The molecule has 1 fully saturated rings. The topological polar surface area (TPSA) is 41.7 Å². The zero-order valence-corrected chi connectivity index (χ0v) is 11.4. The van der Waals surface area contributed by atoms with Crippen LogP contribution in [-0.4, -0.2) is 43.2 Å².